The Kier molecular flexibility index (Phi) is 9.91. The second-order valence-electron chi connectivity index (χ2n) is 13.0. The Bertz CT molecular complexity index is 2030. The molecule has 0 bridgehead atoms. The summed E-state index contributed by atoms with van der Waals surface area (Å²) < 4.78 is 29.9. The molecule has 0 saturated carbocycles. The summed E-state index contributed by atoms with van der Waals surface area (Å²) in [7, 11) is 0. The SMILES string of the molecule is Cc1c(NC(=O)c2ccc(C(C)(C)O)cc2F)cc(F)cc1-c1ncnc2[nH]c(-c3ccc(CN4CCN(CCNC(=O)O)CC4)cc3)cc12. The Morgan fingerprint density at radius 3 is 2.36 bits per heavy atom. The van der Waals surface area contributed by atoms with Crippen LogP contribution >= 0.6 is 0 Å². The van der Waals surface area contributed by atoms with Gasteiger partial charge in [-0.25, -0.2) is 23.5 Å². The summed E-state index contributed by atoms with van der Waals surface area (Å²) in [5, 5.41) is 24.7. The number of H-pyrrole nitrogens is 1. The number of nitrogens with one attached hydrogen (secondary N) is 3. The minimum Gasteiger partial charge on any atom is -0.465 e. The van der Waals surface area contributed by atoms with E-state index in [1.54, 1.807) is 6.92 Å². The molecule has 3 aromatic carbocycles. The molecule has 1 fully saturated rings. The zero-order valence-corrected chi connectivity index (χ0v) is 28.1. The van der Waals surface area contributed by atoms with E-state index in [-0.39, 0.29) is 11.3 Å². The van der Waals surface area contributed by atoms with Gasteiger partial charge in [-0.1, -0.05) is 30.3 Å². The number of halogens is 2. The van der Waals surface area contributed by atoms with Gasteiger partial charge in [-0.3, -0.25) is 14.6 Å². The van der Waals surface area contributed by atoms with Crippen molar-refractivity contribution in [2.75, 3.05) is 44.6 Å². The maximum atomic E-state index is 15.0. The number of hydrogen-bond donors (Lipinski definition) is 5. The van der Waals surface area contributed by atoms with Gasteiger partial charge >= 0.3 is 6.09 Å². The van der Waals surface area contributed by atoms with Gasteiger partial charge in [-0.15, -0.1) is 0 Å². The molecule has 0 unspecified atom stereocenters. The van der Waals surface area contributed by atoms with Crippen LogP contribution in [0.15, 0.2) is 67.0 Å². The van der Waals surface area contributed by atoms with E-state index >= 15 is 4.39 Å². The first-order valence-corrected chi connectivity index (χ1v) is 16.3. The van der Waals surface area contributed by atoms with Gasteiger partial charge in [0.1, 0.15) is 23.6 Å². The summed E-state index contributed by atoms with van der Waals surface area (Å²) >= 11 is 0. The number of aromatic amines is 1. The normalized spacial score (nSPS) is 14.2. The van der Waals surface area contributed by atoms with Gasteiger partial charge in [0.05, 0.1) is 16.9 Å². The van der Waals surface area contributed by atoms with Gasteiger partial charge < -0.3 is 25.8 Å². The first-order valence-electron chi connectivity index (χ1n) is 16.3. The van der Waals surface area contributed by atoms with E-state index in [2.05, 4.69) is 47.5 Å². The quantitative estimate of drug-likeness (QED) is 0.125. The fraction of sp³-hybridized carbons (Fsp3) is 0.297. The number of carboxylic acid groups (broad SMARTS) is 1. The highest BCUT2D eigenvalue weighted by Crippen LogP contribution is 2.35. The van der Waals surface area contributed by atoms with E-state index in [9.17, 15) is 19.1 Å². The van der Waals surface area contributed by atoms with Crippen LogP contribution in [0.3, 0.4) is 0 Å². The molecule has 3 heterocycles. The number of piperazine rings is 1. The minimum atomic E-state index is -1.28. The molecule has 0 aliphatic carbocycles. The number of hydrogen-bond acceptors (Lipinski definition) is 7. The lowest BCUT2D eigenvalue weighted by Crippen LogP contribution is -2.47. The summed E-state index contributed by atoms with van der Waals surface area (Å²) in [4.78, 5) is 40.6. The molecule has 11 nitrogen and oxygen atoms in total. The number of benzene rings is 3. The van der Waals surface area contributed by atoms with Gasteiger partial charge in [0.25, 0.3) is 5.91 Å². The molecule has 1 aliphatic rings. The largest absolute Gasteiger partial charge is 0.465 e. The van der Waals surface area contributed by atoms with Crippen LogP contribution in [0.1, 0.15) is 40.9 Å². The Balaban J connectivity index is 1.18. The van der Waals surface area contributed by atoms with Crippen LogP contribution in [0.5, 0.6) is 0 Å². The fourth-order valence-corrected chi connectivity index (χ4v) is 6.17. The molecule has 50 heavy (non-hydrogen) atoms. The van der Waals surface area contributed by atoms with Crippen molar-refractivity contribution in [2.24, 2.45) is 0 Å². The van der Waals surface area contributed by atoms with Gasteiger partial charge in [0, 0.05) is 68.1 Å². The third kappa shape index (κ3) is 7.80. The van der Waals surface area contributed by atoms with Gasteiger partial charge in [-0.05, 0) is 73.4 Å². The highest BCUT2D eigenvalue weighted by molar-refractivity contribution is 6.06. The van der Waals surface area contributed by atoms with E-state index in [1.807, 2.05) is 18.2 Å². The van der Waals surface area contributed by atoms with E-state index in [0.717, 1.165) is 50.0 Å². The van der Waals surface area contributed by atoms with E-state index in [1.165, 1.54) is 50.0 Å². The van der Waals surface area contributed by atoms with Gasteiger partial charge in [0.2, 0.25) is 0 Å². The monoisotopic (exact) mass is 683 g/mol. The van der Waals surface area contributed by atoms with Crippen molar-refractivity contribution >= 4 is 28.7 Å². The molecule has 5 N–H and O–H groups in total. The van der Waals surface area contributed by atoms with Crippen LogP contribution in [0.2, 0.25) is 0 Å². The number of amides is 2. The van der Waals surface area contributed by atoms with Crippen molar-refractivity contribution < 1.29 is 28.6 Å². The summed E-state index contributed by atoms with van der Waals surface area (Å²) in [6.07, 6.45) is 0.393. The summed E-state index contributed by atoms with van der Waals surface area (Å²) in [6.45, 7) is 10.3. The molecule has 0 atom stereocenters. The molecule has 0 radical (unpaired) electrons. The number of nitrogens with zero attached hydrogens (tertiary/aromatic N) is 4. The van der Waals surface area contributed by atoms with Gasteiger partial charge in [0.15, 0.2) is 0 Å². The fourth-order valence-electron chi connectivity index (χ4n) is 6.17. The molecule has 5 aromatic rings. The number of anilines is 1. The lowest BCUT2D eigenvalue weighted by atomic mass is 9.96. The number of rotatable bonds is 10. The first kappa shape index (κ1) is 34.6. The van der Waals surface area contributed by atoms with Crippen molar-refractivity contribution in [2.45, 2.75) is 32.9 Å². The lowest BCUT2D eigenvalue weighted by molar-refractivity contribution is 0.0780. The topological polar surface area (TPSA) is 147 Å². The lowest BCUT2D eigenvalue weighted by Gasteiger charge is -2.34. The number of carbonyl (C=O) groups excluding carboxylic acids is 1. The first-order chi connectivity index (χ1) is 23.9. The number of fused-ring (bicyclic) bond motifs is 1. The zero-order valence-electron chi connectivity index (χ0n) is 28.1. The van der Waals surface area contributed by atoms with Crippen LogP contribution in [0.4, 0.5) is 19.3 Å². The second-order valence-corrected chi connectivity index (χ2v) is 13.0. The van der Waals surface area contributed by atoms with Crippen LogP contribution in [0.25, 0.3) is 33.5 Å². The molecule has 0 spiro atoms. The Hall–Kier alpha value is -5.24. The molecule has 260 valence electrons. The predicted octanol–water partition coefficient (Wildman–Crippen LogP) is 5.74. The third-order valence-electron chi connectivity index (χ3n) is 9.06. The maximum absolute atomic E-state index is 15.0. The molecule has 2 aromatic heterocycles. The Morgan fingerprint density at radius 2 is 1.68 bits per heavy atom. The molecule has 1 aliphatic heterocycles. The highest BCUT2D eigenvalue weighted by atomic mass is 19.1. The van der Waals surface area contributed by atoms with E-state index in [4.69, 9.17) is 5.11 Å². The van der Waals surface area contributed by atoms with E-state index < -0.39 is 29.2 Å². The van der Waals surface area contributed by atoms with Crippen LogP contribution in [-0.4, -0.2) is 86.2 Å². The summed E-state index contributed by atoms with van der Waals surface area (Å²) in [5.41, 5.74) is 3.92. The van der Waals surface area contributed by atoms with Crippen molar-refractivity contribution in [3.05, 3.63) is 101 Å². The second kappa shape index (κ2) is 14.3. The number of carbonyl (C=O) groups is 2. The highest BCUT2D eigenvalue weighted by Gasteiger charge is 2.22. The summed E-state index contributed by atoms with van der Waals surface area (Å²) in [5.74, 6) is -2.16. The Labute approximate surface area is 288 Å². The molecule has 2 amide bonds. The Morgan fingerprint density at radius 1 is 0.960 bits per heavy atom. The number of aliphatic hydroxyl groups is 1. The predicted molar refractivity (Wildman–Crippen MR) is 187 cm³/mol. The number of aromatic nitrogens is 3. The van der Waals surface area contributed by atoms with Crippen molar-refractivity contribution in [3.63, 3.8) is 0 Å². The van der Waals surface area contributed by atoms with E-state index in [0.29, 0.717) is 46.5 Å². The van der Waals surface area contributed by atoms with Crippen LogP contribution in [0, 0.1) is 18.6 Å². The smallest absolute Gasteiger partial charge is 0.404 e. The standard InChI is InChI=1S/C37H39F2N7O4/c1-22-28(17-26(38)18-31(22)44-35(47)27-9-8-25(16-30(27)39)37(2,3)50)33-29-19-32(43-34(29)42-21-41-33)24-6-4-23(5-7-24)20-46-14-12-45(13-15-46)11-10-40-36(48)49/h4-9,16-19,21,40,50H,10-15,20H2,1-3H3,(H,44,47)(H,48,49)(H,41,42,43). The van der Waals surface area contributed by atoms with Crippen LogP contribution < -0.4 is 10.6 Å². The third-order valence-corrected chi connectivity index (χ3v) is 9.06. The van der Waals surface area contributed by atoms with Crippen LogP contribution in [-0.2, 0) is 12.1 Å². The molecular formula is C37H39F2N7O4. The molecule has 6 rings (SSSR count). The minimum absolute atomic E-state index is 0.172. The van der Waals surface area contributed by atoms with Crippen molar-refractivity contribution in [1.29, 1.82) is 0 Å². The molecular weight excluding hydrogens is 644 g/mol. The molecule has 13 heteroatoms. The van der Waals surface area contributed by atoms with Crippen molar-refractivity contribution in [1.82, 2.24) is 30.1 Å². The van der Waals surface area contributed by atoms with Crippen molar-refractivity contribution in [3.8, 4) is 22.5 Å². The average molecular weight is 684 g/mol. The average Bonchev–Trinajstić information content (AvgIpc) is 3.51. The zero-order chi connectivity index (χ0) is 35.6. The maximum Gasteiger partial charge on any atom is 0.404 e. The van der Waals surface area contributed by atoms with Gasteiger partial charge in [-0.2, -0.15) is 0 Å². The molecule has 1 saturated heterocycles. The summed E-state index contributed by atoms with van der Waals surface area (Å²) in [6, 6.07) is 16.6.